The number of benzene rings is 3. The number of aliphatic hydroxyl groups excluding tert-OH is 1. The summed E-state index contributed by atoms with van der Waals surface area (Å²) in [6.07, 6.45) is 38.9. The number of unbranched alkanes of at least 4 members (excludes halogenated alkanes) is 36. The highest BCUT2D eigenvalue weighted by Crippen LogP contribution is 2.29. The first kappa shape index (κ1) is 98.6. The Morgan fingerprint density at radius 3 is 1.01 bits per heavy atom. The lowest BCUT2D eigenvalue weighted by molar-refractivity contribution is -0.245. The first-order valence-electron chi connectivity index (χ1n) is 44.7. The van der Waals surface area contributed by atoms with Gasteiger partial charge in [0, 0.05) is 25.8 Å². The van der Waals surface area contributed by atoms with E-state index in [4.69, 9.17) is 27.9 Å². The third-order valence-electron chi connectivity index (χ3n) is 21.6. The standard InChI is InChI=1S/C92H151N3O16S/c1-4-7-10-13-16-19-22-31-49-64-79(107-86(100)67-52-34-25-28-40-55-76-58-43-37-44-59-76)72-83(97)93-70-71-106-92-90(95-85(99)74-81(66-51-33-24-21-18-15-12-9-6-3)109-88(102)69-54-36-27-30-42-57-78-62-47-39-48-63-78)89(91(82(75-96)110-92)111-112(103,104)105)94-84(98)73-80(65-50-32-23-20-17-14-11-8-5-2)108-87(101)68-53-35-26-29-41-56-77-60-45-38-46-61-77/h37-39,43-48,58-63,79-82,89-92,96H,4-36,40-42,49-57,64-75H2,1-3H3,(H,93,97)(H,94,98)(H,95,99)(H,103,104,105)/t79-,80-,81-,82?,89?,90?,91-,92-/m1/s1. The second-order valence-electron chi connectivity index (χ2n) is 31.7. The normalized spacial score (nSPS) is 16.5. The van der Waals surface area contributed by atoms with Crippen LogP contribution in [0.1, 0.15) is 365 Å². The molecular weight excluding hydrogens is 1440 g/mol. The van der Waals surface area contributed by atoms with Crippen molar-refractivity contribution in [2.45, 2.75) is 416 Å². The van der Waals surface area contributed by atoms with Gasteiger partial charge in [0.15, 0.2) is 6.29 Å². The Labute approximate surface area is 676 Å². The van der Waals surface area contributed by atoms with Crippen LogP contribution in [-0.2, 0) is 86.3 Å². The summed E-state index contributed by atoms with van der Waals surface area (Å²) in [7, 11) is -5.36. The number of hydrogen-bond acceptors (Lipinski definition) is 15. The lowest BCUT2D eigenvalue weighted by Crippen LogP contribution is -2.70. The van der Waals surface area contributed by atoms with Gasteiger partial charge in [-0.3, -0.25) is 33.3 Å². The monoisotopic (exact) mass is 1590 g/mol. The van der Waals surface area contributed by atoms with E-state index in [0.29, 0.717) is 51.4 Å². The molecule has 1 saturated heterocycles. The maximum atomic E-state index is 14.9. The maximum Gasteiger partial charge on any atom is 0.397 e. The molecule has 1 heterocycles. The van der Waals surface area contributed by atoms with Crippen LogP contribution in [-0.4, -0.2) is 122 Å². The van der Waals surface area contributed by atoms with Crippen LogP contribution in [0.15, 0.2) is 91.0 Å². The average Bonchev–Trinajstić information content (AvgIpc) is 0.780. The van der Waals surface area contributed by atoms with Gasteiger partial charge >= 0.3 is 28.3 Å². The minimum Gasteiger partial charge on any atom is -0.462 e. The molecule has 0 saturated carbocycles. The van der Waals surface area contributed by atoms with E-state index in [-0.39, 0.29) is 57.6 Å². The zero-order chi connectivity index (χ0) is 80.6. The molecule has 3 aromatic rings. The van der Waals surface area contributed by atoms with Gasteiger partial charge in [0.05, 0.1) is 38.5 Å². The number of nitrogens with one attached hydrogen (secondary N) is 3. The molecule has 20 heteroatoms. The van der Waals surface area contributed by atoms with Crippen molar-refractivity contribution in [3.63, 3.8) is 0 Å². The summed E-state index contributed by atoms with van der Waals surface area (Å²) in [4.78, 5) is 84.6. The van der Waals surface area contributed by atoms with Crippen molar-refractivity contribution in [3.05, 3.63) is 108 Å². The second kappa shape index (κ2) is 65.4. The highest BCUT2D eigenvalue weighted by atomic mass is 32.3. The van der Waals surface area contributed by atoms with E-state index < -0.39 is 95.6 Å². The molecule has 112 heavy (non-hydrogen) atoms. The summed E-state index contributed by atoms with van der Waals surface area (Å²) in [5, 5.41) is 19.7. The van der Waals surface area contributed by atoms with E-state index in [2.05, 4.69) is 85.3 Å². The Kier molecular flexibility index (Phi) is 57.6. The Hall–Kier alpha value is -5.77. The van der Waals surface area contributed by atoms with Crippen LogP contribution in [0.4, 0.5) is 0 Å². The molecular formula is C92H151N3O16S. The van der Waals surface area contributed by atoms with Gasteiger partial charge in [0.25, 0.3) is 0 Å². The Morgan fingerprint density at radius 2 is 0.688 bits per heavy atom. The van der Waals surface area contributed by atoms with Crippen LogP contribution in [0.5, 0.6) is 0 Å². The highest BCUT2D eigenvalue weighted by Gasteiger charge is 2.50. The van der Waals surface area contributed by atoms with Crippen LogP contribution >= 0.6 is 0 Å². The lowest BCUT2D eigenvalue weighted by atomic mass is 9.93. The molecule has 3 aromatic carbocycles. The minimum atomic E-state index is -5.36. The summed E-state index contributed by atoms with van der Waals surface area (Å²) in [6.45, 7) is 5.30. The zero-order valence-electron chi connectivity index (χ0n) is 69.6. The van der Waals surface area contributed by atoms with Crippen LogP contribution in [0.2, 0.25) is 0 Å². The van der Waals surface area contributed by atoms with Gasteiger partial charge in [0.2, 0.25) is 17.7 Å². The van der Waals surface area contributed by atoms with Crippen LogP contribution < -0.4 is 16.0 Å². The zero-order valence-corrected chi connectivity index (χ0v) is 70.4. The Balaban J connectivity index is 1.58. The summed E-state index contributed by atoms with van der Waals surface area (Å²) < 4.78 is 72.6. The smallest absolute Gasteiger partial charge is 0.397 e. The van der Waals surface area contributed by atoms with Crippen LogP contribution in [0.25, 0.3) is 0 Å². The fourth-order valence-corrected chi connectivity index (χ4v) is 15.6. The highest BCUT2D eigenvalue weighted by molar-refractivity contribution is 7.80. The summed E-state index contributed by atoms with van der Waals surface area (Å²) in [5.74, 6) is -3.01. The van der Waals surface area contributed by atoms with Gasteiger partial charge in [-0.25, -0.2) is 4.18 Å². The first-order chi connectivity index (χ1) is 54.6. The van der Waals surface area contributed by atoms with Crippen LogP contribution in [0, 0.1) is 0 Å². The fourth-order valence-electron chi connectivity index (χ4n) is 15.1. The van der Waals surface area contributed by atoms with Crippen molar-refractivity contribution >= 4 is 46.0 Å². The molecule has 0 spiro atoms. The van der Waals surface area contributed by atoms with E-state index in [1.807, 2.05) is 42.5 Å². The van der Waals surface area contributed by atoms with Gasteiger partial charge in [0.1, 0.15) is 36.6 Å². The molecule has 1 fully saturated rings. The molecule has 3 unspecified atom stereocenters. The van der Waals surface area contributed by atoms with Crippen molar-refractivity contribution in [1.29, 1.82) is 0 Å². The van der Waals surface area contributed by atoms with E-state index >= 15 is 0 Å². The third kappa shape index (κ3) is 51.2. The van der Waals surface area contributed by atoms with Crippen molar-refractivity contribution in [2.75, 3.05) is 19.8 Å². The quantitative estimate of drug-likeness (QED) is 0.0152. The largest absolute Gasteiger partial charge is 0.462 e. The molecule has 0 bridgehead atoms. The lowest BCUT2D eigenvalue weighted by Gasteiger charge is -2.45. The second-order valence-corrected chi connectivity index (χ2v) is 32.7. The number of carbonyl (C=O) groups excluding carboxylic acids is 6. The number of ether oxygens (including phenoxy) is 5. The van der Waals surface area contributed by atoms with Gasteiger partial charge in [-0.05, 0) is 113 Å². The molecule has 0 aromatic heterocycles. The first-order valence-corrected chi connectivity index (χ1v) is 46.0. The minimum absolute atomic E-state index is 0.0960. The van der Waals surface area contributed by atoms with E-state index in [9.17, 15) is 46.8 Å². The number of esters is 3. The molecule has 0 radical (unpaired) electrons. The van der Waals surface area contributed by atoms with Gasteiger partial charge in [-0.15, -0.1) is 0 Å². The number of carbonyl (C=O) groups is 6. The third-order valence-corrected chi connectivity index (χ3v) is 22.0. The fraction of sp³-hybridized carbons (Fsp3) is 0.739. The topological polar surface area (TPSA) is 268 Å². The van der Waals surface area contributed by atoms with Crippen molar-refractivity contribution < 1.29 is 74.7 Å². The van der Waals surface area contributed by atoms with Crippen LogP contribution in [0.3, 0.4) is 0 Å². The molecule has 636 valence electrons. The Bertz CT molecular complexity index is 2970. The molecule has 5 N–H and O–H groups in total. The van der Waals surface area contributed by atoms with Gasteiger partial charge < -0.3 is 44.7 Å². The van der Waals surface area contributed by atoms with E-state index in [1.165, 1.54) is 80.9 Å². The maximum absolute atomic E-state index is 14.9. The predicted molar refractivity (Wildman–Crippen MR) is 448 cm³/mol. The van der Waals surface area contributed by atoms with Gasteiger partial charge in [-0.2, -0.15) is 8.42 Å². The number of amides is 3. The molecule has 8 atom stereocenters. The number of aryl methyl sites for hydroxylation is 3. The Morgan fingerprint density at radius 1 is 0.393 bits per heavy atom. The van der Waals surface area contributed by atoms with E-state index in [0.717, 1.165) is 193 Å². The number of hydrogen-bond donors (Lipinski definition) is 5. The SMILES string of the molecule is CCCCCCCCCCC[C@H](CC(=O)NCCO[C@@H]1OC(CO)[C@@H](OS(=O)(=O)O)C(NC(=O)C[C@@H](CCCCCCCCCCC)OC(=O)CCCCCCCc2ccccc2)C1NC(=O)C[C@@H](CCCCCCCCCCC)OC(=O)CCCCCCCc1ccccc1)OC(=O)CCCCCCCc1ccccc1. The molecule has 1 aliphatic rings. The molecule has 3 amide bonds. The molecule has 19 nitrogen and oxygen atoms in total. The molecule has 0 aliphatic carbocycles. The summed E-state index contributed by atoms with van der Waals surface area (Å²) >= 11 is 0. The predicted octanol–water partition coefficient (Wildman–Crippen LogP) is 20.4. The van der Waals surface area contributed by atoms with Gasteiger partial charge in [-0.1, -0.05) is 324 Å². The van der Waals surface area contributed by atoms with Crippen molar-refractivity contribution in [3.8, 4) is 0 Å². The van der Waals surface area contributed by atoms with Crippen molar-refractivity contribution in [1.82, 2.24) is 16.0 Å². The molecule has 1 aliphatic heterocycles. The average molecular weight is 1590 g/mol. The number of rotatable bonds is 72. The summed E-state index contributed by atoms with van der Waals surface area (Å²) in [6, 6.07) is 28.0. The van der Waals surface area contributed by atoms with Crippen molar-refractivity contribution in [2.24, 2.45) is 0 Å². The summed E-state index contributed by atoms with van der Waals surface area (Å²) in [5.41, 5.74) is 3.90. The van der Waals surface area contributed by atoms with E-state index in [1.54, 1.807) is 0 Å². The number of aliphatic hydroxyl groups is 1. The molecule has 4 rings (SSSR count).